The number of nitrogens with one attached hydrogen (secondary N) is 1. The van der Waals surface area contributed by atoms with Crippen LogP contribution < -0.4 is 5.32 Å². The van der Waals surface area contributed by atoms with Crippen LogP contribution in [0.25, 0.3) is 5.69 Å². The van der Waals surface area contributed by atoms with Gasteiger partial charge in [0.25, 0.3) is 5.91 Å². The number of aromatic nitrogens is 4. The summed E-state index contributed by atoms with van der Waals surface area (Å²) in [4.78, 5) is 12.0. The number of tetrazole rings is 1. The number of aliphatic hydroxyl groups excluding tert-OH is 2. The number of aliphatic hydroxyl groups is 2. The number of hydrogen-bond acceptors (Lipinski definition) is 6. The van der Waals surface area contributed by atoms with Gasteiger partial charge in [-0.15, -0.1) is 5.10 Å². The molecule has 8 nitrogen and oxygen atoms in total. The van der Waals surface area contributed by atoms with Crippen molar-refractivity contribution in [2.24, 2.45) is 0 Å². The summed E-state index contributed by atoms with van der Waals surface area (Å²) in [6.07, 6.45) is 1.45. The molecule has 1 aromatic carbocycles. The standard InChI is InChI=1S/C12H15N5O3/c1-12(6-18,7-19)14-11(20)9-2-4-10(5-3-9)17-8-13-15-16-17/h2-5,8,18-19H,6-7H2,1H3,(H,14,20). The van der Waals surface area contributed by atoms with Gasteiger partial charge in [-0.25, -0.2) is 4.68 Å². The van der Waals surface area contributed by atoms with E-state index in [0.29, 0.717) is 5.56 Å². The van der Waals surface area contributed by atoms with Crippen LogP contribution in [0, 0.1) is 0 Å². The maximum absolute atomic E-state index is 12.0. The number of nitrogens with zero attached hydrogens (tertiary/aromatic N) is 4. The lowest BCUT2D eigenvalue weighted by Crippen LogP contribution is -2.51. The average molecular weight is 277 g/mol. The minimum absolute atomic E-state index is 0.349. The molecule has 0 saturated carbocycles. The van der Waals surface area contributed by atoms with Crippen molar-refractivity contribution in [3.8, 4) is 5.69 Å². The van der Waals surface area contributed by atoms with E-state index in [0.717, 1.165) is 5.69 Å². The van der Waals surface area contributed by atoms with Gasteiger partial charge < -0.3 is 15.5 Å². The van der Waals surface area contributed by atoms with Crippen molar-refractivity contribution in [3.05, 3.63) is 36.2 Å². The zero-order chi connectivity index (χ0) is 14.6. The number of amides is 1. The minimum atomic E-state index is -1.05. The quantitative estimate of drug-likeness (QED) is 0.655. The van der Waals surface area contributed by atoms with E-state index in [-0.39, 0.29) is 19.1 Å². The first-order valence-electron chi connectivity index (χ1n) is 5.96. The highest BCUT2D eigenvalue weighted by Gasteiger charge is 2.25. The third-order valence-electron chi connectivity index (χ3n) is 2.86. The molecule has 3 N–H and O–H groups in total. The van der Waals surface area contributed by atoms with E-state index in [2.05, 4.69) is 20.8 Å². The van der Waals surface area contributed by atoms with E-state index < -0.39 is 5.54 Å². The molecule has 1 amide bonds. The van der Waals surface area contributed by atoms with Crippen LogP contribution in [0.15, 0.2) is 30.6 Å². The molecule has 1 aromatic heterocycles. The lowest BCUT2D eigenvalue weighted by molar-refractivity contribution is 0.0724. The molecule has 0 saturated heterocycles. The van der Waals surface area contributed by atoms with Gasteiger partial charge in [0.1, 0.15) is 6.33 Å². The van der Waals surface area contributed by atoms with E-state index in [1.54, 1.807) is 31.2 Å². The molecule has 2 rings (SSSR count). The molecule has 1 heterocycles. The Balaban J connectivity index is 2.12. The highest BCUT2D eigenvalue weighted by atomic mass is 16.3. The van der Waals surface area contributed by atoms with E-state index in [1.807, 2.05) is 0 Å². The van der Waals surface area contributed by atoms with Crippen molar-refractivity contribution < 1.29 is 15.0 Å². The summed E-state index contributed by atoms with van der Waals surface area (Å²) >= 11 is 0. The SMILES string of the molecule is CC(CO)(CO)NC(=O)c1ccc(-n2cnnn2)cc1. The van der Waals surface area contributed by atoms with Gasteiger partial charge in [-0.2, -0.15) is 0 Å². The van der Waals surface area contributed by atoms with Crippen LogP contribution in [-0.2, 0) is 0 Å². The minimum Gasteiger partial charge on any atom is -0.394 e. The van der Waals surface area contributed by atoms with Crippen LogP contribution in [0.5, 0.6) is 0 Å². The second-order valence-corrected chi connectivity index (χ2v) is 4.63. The molecule has 0 bridgehead atoms. The Kier molecular flexibility index (Phi) is 4.06. The summed E-state index contributed by atoms with van der Waals surface area (Å²) in [5, 5.41) is 31.7. The van der Waals surface area contributed by atoms with Gasteiger partial charge in [0.15, 0.2) is 0 Å². The van der Waals surface area contributed by atoms with Gasteiger partial charge in [-0.3, -0.25) is 4.79 Å². The third-order valence-corrected chi connectivity index (χ3v) is 2.86. The Morgan fingerprint density at radius 3 is 2.45 bits per heavy atom. The average Bonchev–Trinajstić information content (AvgIpc) is 3.01. The summed E-state index contributed by atoms with van der Waals surface area (Å²) in [5.74, 6) is -0.376. The van der Waals surface area contributed by atoms with Gasteiger partial charge in [0.05, 0.1) is 24.4 Å². The van der Waals surface area contributed by atoms with E-state index >= 15 is 0 Å². The smallest absolute Gasteiger partial charge is 0.251 e. The zero-order valence-electron chi connectivity index (χ0n) is 10.9. The number of rotatable bonds is 5. The summed E-state index contributed by atoms with van der Waals surface area (Å²) in [6.45, 7) is 0.857. The van der Waals surface area contributed by atoms with Gasteiger partial charge in [0, 0.05) is 5.56 Å². The Morgan fingerprint density at radius 1 is 1.30 bits per heavy atom. The highest BCUT2D eigenvalue weighted by Crippen LogP contribution is 2.09. The van der Waals surface area contributed by atoms with Crippen LogP contribution >= 0.6 is 0 Å². The lowest BCUT2D eigenvalue weighted by Gasteiger charge is -2.26. The predicted molar refractivity (Wildman–Crippen MR) is 69.2 cm³/mol. The molecule has 0 radical (unpaired) electrons. The van der Waals surface area contributed by atoms with Crippen molar-refractivity contribution in [1.82, 2.24) is 25.5 Å². The molecule has 8 heteroatoms. The summed E-state index contributed by atoms with van der Waals surface area (Å²) in [5.41, 5.74) is 0.0829. The van der Waals surface area contributed by atoms with Crippen molar-refractivity contribution in [3.63, 3.8) is 0 Å². The Hall–Kier alpha value is -2.32. The normalized spacial score (nSPS) is 11.3. The van der Waals surface area contributed by atoms with Gasteiger partial charge in [-0.05, 0) is 41.6 Å². The fraction of sp³-hybridized carbons (Fsp3) is 0.333. The molecular formula is C12H15N5O3. The van der Waals surface area contributed by atoms with E-state index in [9.17, 15) is 4.79 Å². The fourth-order valence-electron chi connectivity index (χ4n) is 1.52. The molecule has 2 aromatic rings. The van der Waals surface area contributed by atoms with Crippen LogP contribution in [0.4, 0.5) is 0 Å². The molecule has 20 heavy (non-hydrogen) atoms. The monoisotopic (exact) mass is 277 g/mol. The molecule has 0 aliphatic carbocycles. The second-order valence-electron chi connectivity index (χ2n) is 4.63. The van der Waals surface area contributed by atoms with Crippen LogP contribution in [0.2, 0.25) is 0 Å². The molecule has 106 valence electrons. The van der Waals surface area contributed by atoms with E-state index in [1.165, 1.54) is 11.0 Å². The van der Waals surface area contributed by atoms with Crippen LogP contribution in [-0.4, -0.2) is 55.1 Å². The number of benzene rings is 1. The fourth-order valence-corrected chi connectivity index (χ4v) is 1.52. The predicted octanol–water partition coefficient (Wildman–Crippen LogP) is -0.865. The third kappa shape index (κ3) is 2.98. The molecule has 0 atom stereocenters. The molecule has 0 fully saturated rings. The maximum atomic E-state index is 12.0. The van der Waals surface area contributed by atoms with Gasteiger partial charge in [0.2, 0.25) is 0 Å². The molecule has 0 spiro atoms. The van der Waals surface area contributed by atoms with Crippen molar-refractivity contribution in [1.29, 1.82) is 0 Å². The van der Waals surface area contributed by atoms with Crippen LogP contribution in [0.1, 0.15) is 17.3 Å². The summed E-state index contributed by atoms with van der Waals surface area (Å²) in [7, 11) is 0. The topological polar surface area (TPSA) is 113 Å². The van der Waals surface area contributed by atoms with Crippen molar-refractivity contribution >= 4 is 5.91 Å². The Morgan fingerprint density at radius 2 is 1.95 bits per heavy atom. The maximum Gasteiger partial charge on any atom is 0.251 e. The first kappa shape index (κ1) is 14.1. The first-order chi connectivity index (χ1) is 9.58. The van der Waals surface area contributed by atoms with Gasteiger partial charge in [-0.1, -0.05) is 0 Å². The molecule has 0 aliphatic heterocycles. The van der Waals surface area contributed by atoms with Crippen molar-refractivity contribution in [2.45, 2.75) is 12.5 Å². The second kappa shape index (κ2) is 5.76. The Labute approximate surface area is 115 Å². The summed E-state index contributed by atoms with van der Waals surface area (Å²) < 4.78 is 1.47. The van der Waals surface area contributed by atoms with Gasteiger partial charge >= 0.3 is 0 Å². The molecular weight excluding hydrogens is 262 g/mol. The van der Waals surface area contributed by atoms with Crippen molar-refractivity contribution in [2.75, 3.05) is 13.2 Å². The lowest BCUT2D eigenvalue weighted by atomic mass is 10.0. The van der Waals surface area contributed by atoms with E-state index in [4.69, 9.17) is 10.2 Å². The first-order valence-corrected chi connectivity index (χ1v) is 5.96. The number of carbonyl (C=O) groups excluding carboxylic acids is 1. The molecule has 0 aliphatic rings. The zero-order valence-corrected chi connectivity index (χ0v) is 10.9. The highest BCUT2D eigenvalue weighted by molar-refractivity contribution is 5.94. The summed E-state index contributed by atoms with van der Waals surface area (Å²) in [6, 6.07) is 6.62. The largest absolute Gasteiger partial charge is 0.394 e. The number of hydrogen-bond donors (Lipinski definition) is 3. The number of carbonyl (C=O) groups is 1. The van der Waals surface area contributed by atoms with Crippen LogP contribution in [0.3, 0.4) is 0 Å². The Bertz CT molecular complexity index is 563. The molecule has 0 unspecified atom stereocenters.